The topological polar surface area (TPSA) is 99.7 Å². The monoisotopic (exact) mass is 524 g/mol. The van der Waals surface area contributed by atoms with E-state index in [1.807, 2.05) is 48.5 Å². The number of rotatable bonds is 0. The van der Waals surface area contributed by atoms with E-state index in [2.05, 4.69) is 73.1 Å². The number of fused-ring (bicyclic) bond motifs is 8. The fraction of sp³-hybridized carbons (Fsp3) is 0. The molecule has 10 heteroatoms. The summed E-state index contributed by atoms with van der Waals surface area (Å²) in [4.78, 5) is 17.8. The lowest BCUT2D eigenvalue weighted by atomic mass is 10.2. The van der Waals surface area contributed by atoms with E-state index in [-0.39, 0.29) is 0 Å². The lowest BCUT2D eigenvalue weighted by Crippen LogP contribution is -2.04. The van der Waals surface area contributed by atoms with Crippen LogP contribution in [-0.4, -0.2) is 19.9 Å². The SMILES string of the molecule is Brc1cc2cc(c1)Nc1nccc(n1)Nc1cc(Br)cc(c1)Nc1nccc(n1)N2. The number of hydrogen-bond acceptors (Lipinski definition) is 8. The minimum atomic E-state index is 0.480. The fourth-order valence-corrected chi connectivity index (χ4v) is 3.99. The Labute approximate surface area is 188 Å². The Kier molecular flexibility index (Phi) is 4.93. The number of benzene rings is 2. The van der Waals surface area contributed by atoms with Crippen LogP contribution in [0.3, 0.4) is 0 Å². The van der Waals surface area contributed by atoms with Gasteiger partial charge in [0.05, 0.1) is 0 Å². The molecule has 148 valence electrons. The molecule has 3 heterocycles. The Bertz CT molecular complexity index is 1070. The van der Waals surface area contributed by atoms with Crippen LogP contribution >= 0.6 is 31.9 Å². The van der Waals surface area contributed by atoms with E-state index in [0.29, 0.717) is 23.5 Å². The van der Waals surface area contributed by atoms with Crippen molar-refractivity contribution >= 4 is 78.1 Å². The molecular weight excluding hydrogens is 512 g/mol. The average molecular weight is 526 g/mol. The van der Waals surface area contributed by atoms with Crippen molar-refractivity contribution < 1.29 is 0 Å². The molecule has 8 bridgehead atoms. The van der Waals surface area contributed by atoms with Crippen LogP contribution in [0.1, 0.15) is 0 Å². The van der Waals surface area contributed by atoms with Gasteiger partial charge in [-0.15, -0.1) is 0 Å². The van der Waals surface area contributed by atoms with Crippen LogP contribution in [0.2, 0.25) is 0 Å². The van der Waals surface area contributed by atoms with Gasteiger partial charge in [-0.05, 0) is 48.5 Å². The van der Waals surface area contributed by atoms with Gasteiger partial charge in [-0.1, -0.05) is 31.9 Å². The van der Waals surface area contributed by atoms with E-state index in [9.17, 15) is 0 Å². The van der Waals surface area contributed by atoms with Gasteiger partial charge in [0.15, 0.2) is 0 Å². The Hall–Kier alpha value is -3.24. The normalized spacial score (nSPS) is 12.1. The number of aromatic nitrogens is 4. The molecule has 1 aliphatic rings. The molecule has 30 heavy (non-hydrogen) atoms. The van der Waals surface area contributed by atoms with E-state index in [1.165, 1.54) is 0 Å². The Morgan fingerprint density at radius 3 is 1.37 bits per heavy atom. The maximum Gasteiger partial charge on any atom is 0.229 e. The summed E-state index contributed by atoms with van der Waals surface area (Å²) in [6.07, 6.45) is 3.40. The highest BCUT2D eigenvalue weighted by atomic mass is 79.9. The van der Waals surface area contributed by atoms with E-state index < -0.39 is 0 Å². The van der Waals surface area contributed by atoms with Crippen molar-refractivity contribution in [3.8, 4) is 0 Å². The lowest BCUT2D eigenvalue weighted by molar-refractivity contribution is 1.16. The molecule has 2 aromatic carbocycles. The van der Waals surface area contributed by atoms with Gasteiger partial charge in [-0.25, -0.2) is 9.97 Å². The first-order valence-corrected chi connectivity index (χ1v) is 10.5. The first-order chi connectivity index (χ1) is 14.6. The first-order valence-electron chi connectivity index (χ1n) is 8.94. The largest absolute Gasteiger partial charge is 0.340 e. The second-order valence-corrected chi connectivity index (χ2v) is 8.32. The van der Waals surface area contributed by atoms with Crippen molar-refractivity contribution in [2.45, 2.75) is 0 Å². The zero-order valence-corrected chi connectivity index (χ0v) is 18.5. The predicted molar refractivity (Wildman–Crippen MR) is 125 cm³/mol. The molecule has 0 fully saturated rings. The van der Waals surface area contributed by atoms with Crippen molar-refractivity contribution in [3.05, 3.63) is 69.9 Å². The quantitative estimate of drug-likeness (QED) is 0.193. The third-order valence-corrected chi connectivity index (χ3v) is 5.08. The minimum absolute atomic E-state index is 0.480. The van der Waals surface area contributed by atoms with E-state index in [1.54, 1.807) is 12.4 Å². The molecule has 1 aliphatic heterocycles. The second-order valence-electron chi connectivity index (χ2n) is 6.49. The molecule has 0 saturated heterocycles. The van der Waals surface area contributed by atoms with Gasteiger partial charge in [-0.2, -0.15) is 9.97 Å². The molecule has 2 aromatic heterocycles. The third-order valence-electron chi connectivity index (χ3n) is 4.16. The second kappa shape index (κ2) is 7.88. The number of nitrogens with one attached hydrogen (secondary N) is 4. The standard InChI is InChI=1S/C20H14Br2N8/c21-11-5-13-9-15(7-11)28-20-24-4-2-18(30-20)26-14-6-12(22)8-16(10-14)27-19-23-3-1-17(25-13)29-19/h1-10H,(H2,23,25,27,29)(H2,24,26,28,30). The van der Waals surface area contributed by atoms with Crippen LogP contribution in [0.5, 0.6) is 0 Å². The summed E-state index contributed by atoms with van der Waals surface area (Å²) in [7, 11) is 0. The molecule has 8 nitrogen and oxygen atoms in total. The van der Waals surface area contributed by atoms with Gasteiger partial charge in [0.2, 0.25) is 11.9 Å². The number of nitrogens with zero attached hydrogens (tertiary/aromatic N) is 4. The summed E-state index contributed by atoms with van der Waals surface area (Å²) >= 11 is 7.10. The zero-order chi connectivity index (χ0) is 20.5. The van der Waals surface area contributed by atoms with E-state index in [4.69, 9.17) is 0 Å². The van der Waals surface area contributed by atoms with Crippen LogP contribution in [-0.2, 0) is 0 Å². The van der Waals surface area contributed by atoms with Crippen molar-refractivity contribution in [1.82, 2.24) is 19.9 Å². The van der Waals surface area contributed by atoms with Crippen LogP contribution in [0.15, 0.2) is 69.9 Å². The van der Waals surface area contributed by atoms with E-state index >= 15 is 0 Å². The van der Waals surface area contributed by atoms with Gasteiger partial charge >= 0.3 is 0 Å². The van der Waals surface area contributed by atoms with Crippen LogP contribution in [0.25, 0.3) is 0 Å². The highest BCUT2D eigenvalue weighted by Crippen LogP contribution is 2.29. The van der Waals surface area contributed by atoms with Crippen LogP contribution in [0.4, 0.5) is 46.3 Å². The lowest BCUT2D eigenvalue weighted by Gasteiger charge is -2.14. The molecule has 4 N–H and O–H groups in total. The molecule has 0 saturated carbocycles. The smallest absolute Gasteiger partial charge is 0.229 e. The molecule has 0 spiro atoms. The molecular formula is C20H14Br2N8. The maximum atomic E-state index is 4.56. The Balaban J connectivity index is 1.63. The summed E-state index contributed by atoms with van der Waals surface area (Å²) in [5.74, 6) is 2.29. The van der Waals surface area contributed by atoms with Gasteiger partial charge in [0, 0.05) is 44.1 Å². The van der Waals surface area contributed by atoms with Crippen LogP contribution in [0, 0.1) is 0 Å². The molecule has 0 unspecified atom stereocenters. The average Bonchev–Trinajstić information content (AvgIpc) is 2.67. The third kappa shape index (κ3) is 4.34. The molecule has 4 aromatic rings. The fourth-order valence-electron chi connectivity index (χ4n) is 3.00. The summed E-state index contributed by atoms with van der Waals surface area (Å²) in [5, 5.41) is 13.1. The Morgan fingerprint density at radius 2 is 0.933 bits per heavy atom. The number of halogens is 2. The van der Waals surface area contributed by atoms with E-state index in [0.717, 1.165) is 31.7 Å². The van der Waals surface area contributed by atoms with Crippen molar-refractivity contribution in [2.24, 2.45) is 0 Å². The molecule has 0 aliphatic carbocycles. The van der Waals surface area contributed by atoms with Crippen molar-refractivity contribution in [3.63, 3.8) is 0 Å². The summed E-state index contributed by atoms with van der Waals surface area (Å²) < 4.78 is 1.80. The maximum absolute atomic E-state index is 4.56. The summed E-state index contributed by atoms with van der Waals surface area (Å²) in [5.41, 5.74) is 3.35. The molecule has 0 amide bonds. The van der Waals surface area contributed by atoms with Gasteiger partial charge < -0.3 is 21.3 Å². The summed E-state index contributed by atoms with van der Waals surface area (Å²) in [6, 6.07) is 15.3. The predicted octanol–water partition coefficient (Wildman–Crippen LogP) is 6.08. The number of hydrogen-bond donors (Lipinski definition) is 4. The molecule has 0 atom stereocenters. The minimum Gasteiger partial charge on any atom is -0.340 e. The van der Waals surface area contributed by atoms with Gasteiger partial charge in [-0.3, -0.25) is 0 Å². The molecule has 5 rings (SSSR count). The van der Waals surface area contributed by atoms with Crippen molar-refractivity contribution in [1.29, 1.82) is 0 Å². The highest BCUT2D eigenvalue weighted by molar-refractivity contribution is 9.10. The highest BCUT2D eigenvalue weighted by Gasteiger charge is 2.08. The van der Waals surface area contributed by atoms with Gasteiger partial charge in [0.1, 0.15) is 11.6 Å². The van der Waals surface area contributed by atoms with Crippen LogP contribution < -0.4 is 21.3 Å². The van der Waals surface area contributed by atoms with Crippen molar-refractivity contribution in [2.75, 3.05) is 21.3 Å². The number of anilines is 8. The Morgan fingerprint density at radius 1 is 0.533 bits per heavy atom. The zero-order valence-electron chi connectivity index (χ0n) is 15.3. The van der Waals surface area contributed by atoms with Gasteiger partial charge in [0.25, 0.3) is 0 Å². The summed E-state index contributed by atoms with van der Waals surface area (Å²) in [6.45, 7) is 0. The first kappa shape index (κ1) is 18.8. The molecule has 0 radical (unpaired) electrons.